The lowest BCUT2D eigenvalue weighted by molar-refractivity contribution is -0.120. The number of nitrogens with zero attached hydrogens (tertiary/aromatic N) is 1. The number of sulfonamides is 1. The summed E-state index contributed by atoms with van der Waals surface area (Å²) in [6, 6.07) is 16.3. The fraction of sp³-hybridized carbons (Fsp3) is 0.296. The second-order valence-electron chi connectivity index (χ2n) is 9.16. The number of hydrogen-bond acceptors (Lipinski definition) is 4. The molecule has 0 spiro atoms. The molecular weight excluding hydrogens is 489 g/mol. The van der Waals surface area contributed by atoms with E-state index in [9.17, 15) is 17.6 Å². The van der Waals surface area contributed by atoms with Crippen LogP contribution < -0.4 is 9.04 Å². The predicted molar refractivity (Wildman–Crippen MR) is 134 cm³/mol. The maximum atomic E-state index is 14.1. The zero-order valence-electron chi connectivity index (χ0n) is 19.2. The van der Waals surface area contributed by atoms with Gasteiger partial charge in [-0.3, -0.25) is 9.10 Å². The predicted octanol–water partition coefficient (Wildman–Crippen LogP) is 6.17. The topological polar surface area (TPSA) is 63.7 Å². The first kappa shape index (κ1) is 23.8. The molecule has 0 N–H and O–H groups in total. The monoisotopic (exact) mass is 513 g/mol. The highest BCUT2D eigenvalue weighted by Gasteiger charge is 2.36. The van der Waals surface area contributed by atoms with E-state index in [1.54, 1.807) is 48.5 Å². The summed E-state index contributed by atoms with van der Waals surface area (Å²) in [7, 11) is -3.93. The van der Waals surface area contributed by atoms with E-state index in [1.165, 1.54) is 10.4 Å². The third-order valence-electron chi connectivity index (χ3n) is 6.48. The number of Topliss-reactive ketones (excluding diaryl/α,β-unsaturated/α-hetero) is 1. The summed E-state index contributed by atoms with van der Waals surface area (Å²) < 4.78 is 49.2. The molecule has 1 saturated carbocycles. The Kier molecular flexibility index (Phi) is 6.32. The maximum absolute atomic E-state index is 14.1. The zero-order chi connectivity index (χ0) is 24.7. The number of ketones is 1. The van der Waals surface area contributed by atoms with Gasteiger partial charge >= 0.3 is 0 Å². The Hall–Kier alpha value is -2.90. The van der Waals surface area contributed by atoms with Crippen molar-refractivity contribution < 1.29 is 22.3 Å². The van der Waals surface area contributed by atoms with Crippen LogP contribution in [0, 0.1) is 18.7 Å². The third kappa shape index (κ3) is 4.80. The molecule has 35 heavy (non-hydrogen) atoms. The molecule has 182 valence electrons. The summed E-state index contributed by atoms with van der Waals surface area (Å²) in [6.45, 7) is 1.91. The standard InChI is InChI=1S/C27H25ClFNO4S/c1-17-4-2-5-21(14-17)35(32,33)30-16-20(11-12-25(31)18-8-9-18)34-26-13-10-19(15-24(26)30)22-6-3-7-23(29)27(22)28/h2-7,10,13-15,18,20H,8-9,11-12,16H2,1H3/t20-/m0/s1. The average Bonchev–Trinajstić information content (AvgIpc) is 3.69. The molecule has 0 radical (unpaired) electrons. The highest BCUT2D eigenvalue weighted by molar-refractivity contribution is 7.92. The number of carbonyl (C=O) groups excluding carboxylic acids is 1. The van der Waals surface area contributed by atoms with Crippen molar-refractivity contribution in [2.45, 2.75) is 43.6 Å². The molecule has 8 heteroatoms. The van der Waals surface area contributed by atoms with Gasteiger partial charge in [-0.1, -0.05) is 41.9 Å². The Labute approximate surface area is 209 Å². The van der Waals surface area contributed by atoms with Gasteiger partial charge in [0.05, 0.1) is 22.2 Å². The van der Waals surface area contributed by atoms with Crippen molar-refractivity contribution in [3.05, 3.63) is 77.1 Å². The molecule has 0 saturated heterocycles. The van der Waals surface area contributed by atoms with Crippen molar-refractivity contribution in [1.29, 1.82) is 0 Å². The van der Waals surface area contributed by atoms with Crippen LogP contribution in [-0.4, -0.2) is 26.8 Å². The van der Waals surface area contributed by atoms with Gasteiger partial charge in [-0.25, -0.2) is 12.8 Å². The van der Waals surface area contributed by atoms with E-state index in [-0.39, 0.29) is 28.2 Å². The summed E-state index contributed by atoms with van der Waals surface area (Å²) in [5.41, 5.74) is 2.21. The quantitative estimate of drug-likeness (QED) is 0.379. The molecule has 0 bridgehead atoms. The van der Waals surface area contributed by atoms with Gasteiger partial charge in [0.15, 0.2) is 0 Å². The van der Waals surface area contributed by atoms with Crippen LogP contribution in [0.1, 0.15) is 31.2 Å². The van der Waals surface area contributed by atoms with E-state index in [4.69, 9.17) is 16.3 Å². The van der Waals surface area contributed by atoms with E-state index in [0.29, 0.717) is 35.4 Å². The largest absolute Gasteiger partial charge is 0.486 e. The molecule has 1 fully saturated rings. The summed E-state index contributed by atoms with van der Waals surface area (Å²) in [5.74, 6) is 0.204. The van der Waals surface area contributed by atoms with Gasteiger partial charge in [0.2, 0.25) is 0 Å². The van der Waals surface area contributed by atoms with Gasteiger partial charge in [-0.05, 0) is 67.6 Å². The molecule has 2 aliphatic rings. The molecule has 1 aliphatic carbocycles. The van der Waals surface area contributed by atoms with Crippen molar-refractivity contribution >= 4 is 33.1 Å². The lowest BCUT2D eigenvalue weighted by atomic mass is 10.0. The molecule has 3 aromatic carbocycles. The van der Waals surface area contributed by atoms with Gasteiger partial charge in [0, 0.05) is 17.9 Å². The number of anilines is 1. The number of hydrogen-bond donors (Lipinski definition) is 0. The Morgan fingerprint density at radius 2 is 1.89 bits per heavy atom. The molecule has 1 atom stereocenters. The van der Waals surface area contributed by atoms with Crippen molar-refractivity contribution in [2.24, 2.45) is 5.92 Å². The highest BCUT2D eigenvalue weighted by Crippen LogP contribution is 2.42. The minimum absolute atomic E-state index is 0.0336. The molecular formula is C27H25ClFNO4S. The minimum Gasteiger partial charge on any atom is -0.486 e. The fourth-order valence-electron chi connectivity index (χ4n) is 4.40. The lowest BCUT2D eigenvalue weighted by Crippen LogP contribution is -2.43. The number of halogens is 2. The van der Waals surface area contributed by atoms with Gasteiger partial charge < -0.3 is 4.74 Å². The molecule has 0 aromatic heterocycles. The van der Waals surface area contributed by atoms with Crippen LogP contribution in [0.25, 0.3) is 11.1 Å². The van der Waals surface area contributed by atoms with Gasteiger partial charge in [-0.2, -0.15) is 0 Å². The minimum atomic E-state index is -3.93. The van der Waals surface area contributed by atoms with E-state index < -0.39 is 21.9 Å². The molecule has 0 unspecified atom stereocenters. The van der Waals surface area contributed by atoms with Crippen LogP contribution in [0.2, 0.25) is 5.02 Å². The third-order valence-corrected chi connectivity index (χ3v) is 8.64. The first-order valence-corrected chi connectivity index (χ1v) is 13.4. The Balaban J connectivity index is 1.55. The van der Waals surface area contributed by atoms with E-state index in [1.807, 2.05) is 13.0 Å². The first-order valence-electron chi connectivity index (χ1n) is 11.6. The van der Waals surface area contributed by atoms with Crippen LogP contribution in [0.5, 0.6) is 5.75 Å². The number of benzene rings is 3. The molecule has 5 rings (SSSR count). The van der Waals surface area contributed by atoms with Crippen molar-refractivity contribution in [3.63, 3.8) is 0 Å². The number of rotatable bonds is 7. The average molecular weight is 514 g/mol. The van der Waals surface area contributed by atoms with Crippen molar-refractivity contribution in [2.75, 3.05) is 10.8 Å². The first-order chi connectivity index (χ1) is 16.7. The van der Waals surface area contributed by atoms with Gasteiger partial charge in [0.1, 0.15) is 23.5 Å². The summed E-state index contributed by atoms with van der Waals surface area (Å²) in [4.78, 5) is 12.4. The summed E-state index contributed by atoms with van der Waals surface area (Å²) >= 11 is 6.21. The van der Waals surface area contributed by atoms with Gasteiger partial charge in [-0.15, -0.1) is 0 Å². The Morgan fingerprint density at radius 3 is 2.63 bits per heavy atom. The summed E-state index contributed by atoms with van der Waals surface area (Å²) in [6.07, 6.45) is 2.21. The lowest BCUT2D eigenvalue weighted by Gasteiger charge is -2.36. The van der Waals surface area contributed by atoms with Crippen LogP contribution in [0.15, 0.2) is 65.6 Å². The van der Waals surface area contributed by atoms with Crippen molar-refractivity contribution in [1.82, 2.24) is 0 Å². The van der Waals surface area contributed by atoms with Gasteiger partial charge in [0.25, 0.3) is 10.0 Å². The molecule has 1 aliphatic heterocycles. The SMILES string of the molecule is Cc1cccc(S(=O)(=O)N2C[C@H](CCC(=O)C3CC3)Oc3ccc(-c4cccc(F)c4Cl)cc32)c1. The van der Waals surface area contributed by atoms with E-state index in [0.717, 1.165) is 18.4 Å². The van der Waals surface area contributed by atoms with Crippen LogP contribution in [-0.2, 0) is 14.8 Å². The van der Waals surface area contributed by atoms with Crippen LogP contribution in [0.4, 0.5) is 10.1 Å². The second kappa shape index (κ2) is 9.28. The number of fused-ring (bicyclic) bond motifs is 1. The molecule has 1 heterocycles. The smallest absolute Gasteiger partial charge is 0.264 e. The van der Waals surface area contributed by atoms with E-state index in [2.05, 4.69) is 0 Å². The van der Waals surface area contributed by atoms with Crippen LogP contribution in [0.3, 0.4) is 0 Å². The van der Waals surface area contributed by atoms with Crippen molar-refractivity contribution in [3.8, 4) is 16.9 Å². The maximum Gasteiger partial charge on any atom is 0.264 e. The highest BCUT2D eigenvalue weighted by atomic mass is 35.5. The molecule has 0 amide bonds. The number of carbonyl (C=O) groups is 1. The normalized spacial score (nSPS) is 17.6. The Bertz CT molecular complexity index is 1400. The number of aryl methyl sites for hydroxylation is 1. The Morgan fingerprint density at radius 1 is 1.11 bits per heavy atom. The zero-order valence-corrected chi connectivity index (χ0v) is 20.8. The van der Waals surface area contributed by atoms with E-state index >= 15 is 0 Å². The fourth-order valence-corrected chi connectivity index (χ4v) is 6.24. The van der Waals surface area contributed by atoms with Crippen LogP contribution >= 0.6 is 11.6 Å². The second-order valence-corrected chi connectivity index (χ2v) is 11.4. The molecule has 5 nitrogen and oxygen atoms in total. The summed E-state index contributed by atoms with van der Waals surface area (Å²) in [5, 5.41) is -0.0336. The number of ether oxygens (including phenoxy) is 1. The molecule has 3 aromatic rings.